The number of furan rings is 1. The van der Waals surface area contributed by atoms with Crippen LogP contribution in [0.3, 0.4) is 0 Å². The number of carbonyl (C=O) groups is 2. The molecular formula is C21H25FN2O3. The molecule has 0 spiro atoms. The molecule has 0 bridgehead atoms. The minimum absolute atomic E-state index is 0.0113. The van der Waals surface area contributed by atoms with Crippen LogP contribution >= 0.6 is 0 Å². The summed E-state index contributed by atoms with van der Waals surface area (Å²) < 4.78 is 19.4. The molecule has 0 aliphatic heterocycles. The zero-order valence-corrected chi connectivity index (χ0v) is 15.3. The summed E-state index contributed by atoms with van der Waals surface area (Å²) in [6.07, 6.45) is 5.43. The van der Waals surface area contributed by atoms with Gasteiger partial charge in [0.05, 0.1) is 5.56 Å². The van der Waals surface area contributed by atoms with Gasteiger partial charge in [0.25, 0.3) is 0 Å². The van der Waals surface area contributed by atoms with E-state index in [0.29, 0.717) is 42.5 Å². The number of carbonyl (C=O) groups excluding carboxylic acids is 2. The lowest BCUT2D eigenvalue weighted by molar-refractivity contribution is -0.122. The third-order valence-corrected chi connectivity index (χ3v) is 4.79. The Morgan fingerprint density at radius 2 is 1.81 bits per heavy atom. The van der Waals surface area contributed by atoms with Crippen LogP contribution in [0, 0.1) is 5.82 Å². The Bertz CT molecular complexity index is 781. The molecule has 1 aliphatic rings. The monoisotopic (exact) mass is 372 g/mol. The lowest BCUT2D eigenvalue weighted by atomic mass is 10.1. The lowest BCUT2D eigenvalue weighted by Gasteiger charge is -2.11. The van der Waals surface area contributed by atoms with E-state index in [0.717, 1.165) is 12.8 Å². The summed E-state index contributed by atoms with van der Waals surface area (Å²) in [5, 5.41) is 5.75. The van der Waals surface area contributed by atoms with Crippen molar-refractivity contribution >= 4 is 11.8 Å². The SMILES string of the molecule is O=C(CCc1ccc(-c2ccccc2F)o1)NCCC(=O)NC1CCCC1. The number of rotatable bonds is 8. The first-order valence-electron chi connectivity index (χ1n) is 9.51. The van der Waals surface area contributed by atoms with Gasteiger partial charge in [-0.3, -0.25) is 9.59 Å². The molecule has 6 heteroatoms. The molecule has 5 nitrogen and oxygen atoms in total. The zero-order valence-electron chi connectivity index (χ0n) is 15.3. The first kappa shape index (κ1) is 19.1. The van der Waals surface area contributed by atoms with Gasteiger partial charge < -0.3 is 15.1 Å². The van der Waals surface area contributed by atoms with Crippen molar-refractivity contribution in [3.05, 3.63) is 48.0 Å². The number of hydrogen-bond donors (Lipinski definition) is 2. The fraction of sp³-hybridized carbons (Fsp3) is 0.429. The summed E-state index contributed by atoms with van der Waals surface area (Å²) in [6.45, 7) is 0.329. The van der Waals surface area contributed by atoms with Crippen molar-refractivity contribution in [3.8, 4) is 11.3 Å². The summed E-state index contributed by atoms with van der Waals surface area (Å²) in [7, 11) is 0. The molecule has 1 heterocycles. The molecule has 3 rings (SSSR count). The second-order valence-electron chi connectivity index (χ2n) is 6.89. The highest BCUT2D eigenvalue weighted by Gasteiger charge is 2.17. The summed E-state index contributed by atoms with van der Waals surface area (Å²) in [4.78, 5) is 23.7. The average Bonchev–Trinajstić information content (AvgIpc) is 3.32. The van der Waals surface area contributed by atoms with Gasteiger partial charge in [-0.25, -0.2) is 4.39 Å². The van der Waals surface area contributed by atoms with E-state index in [2.05, 4.69) is 10.6 Å². The minimum Gasteiger partial charge on any atom is -0.461 e. The highest BCUT2D eigenvalue weighted by Crippen LogP contribution is 2.25. The Morgan fingerprint density at radius 3 is 2.59 bits per heavy atom. The summed E-state index contributed by atoms with van der Waals surface area (Å²) in [5.41, 5.74) is 0.404. The van der Waals surface area contributed by atoms with Crippen LogP contribution in [0.4, 0.5) is 4.39 Å². The van der Waals surface area contributed by atoms with Crippen molar-refractivity contribution in [2.45, 2.75) is 51.0 Å². The normalized spacial score (nSPS) is 14.3. The molecule has 2 N–H and O–H groups in total. The minimum atomic E-state index is -0.341. The number of halogens is 1. The number of hydrogen-bond acceptors (Lipinski definition) is 3. The lowest BCUT2D eigenvalue weighted by Crippen LogP contribution is -2.35. The first-order valence-corrected chi connectivity index (χ1v) is 9.51. The molecule has 144 valence electrons. The van der Waals surface area contributed by atoms with Gasteiger partial charge in [-0.15, -0.1) is 0 Å². The van der Waals surface area contributed by atoms with Gasteiger partial charge in [0.2, 0.25) is 11.8 Å². The van der Waals surface area contributed by atoms with Crippen molar-refractivity contribution in [2.75, 3.05) is 6.54 Å². The van der Waals surface area contributed by atoms with E-state index in [1.807, 2.05) is 0 Å². The maximum Gasteiger partial charge on any atom is 0.221 e. The van der Waals surface area contributed by atoms with E-state index in [1.165, 1.54) is 18.9 Å². The van der Waals surface area contributed by atoms with Gasteiger partial charge in [0.1, 0.15) is 17.3 Å². The quantitative estimate of drug-likeness (QED) is 0.744. The molecule has 2 aromatic rings. The van der Waals surface area contributed by atoms with Crippen LogP contribution < -0.4 is 10.6 Å². The van der Waals surface area contributed by atoms with Crippen LogP contribution in [0.5, 0.6) is 0 Å². The second-order valence-corrected chi connectivity index (χ2v) is 6.89. The molecular weight excluding hydrogens is 347 g/mol. The molecule has 0 radical (unpaired) electrons. The fourth-order valence-electron chi connectivity index (χ4n) is 3.33. The van der Waals surface area contributed by atoms with Crippen molar-refractivity contribution in [2.24, 2.45) is 0 Å². The Labute approximate surface area is 158 Å². The topological polar surface area (TPSA) is 71.3 Å². The van der Waals surface area contributed by atoms with E-state index in [1.54, 1.807) is 30.3 Å². The molecule has 27 heavy (non-hydrogen) atoms. The Morgan fingerprint density at radius 1 is 1.04 bits per heavy atom. The van der Waals surface area contributed by atoms with Gasteiger partial charge in [0.15, 0.2) is 0 Å². The van der Waals surface area contributed by atoms with Crippen molar-refractivity contribution in [1.29, 1.82) is 0 Å². The highest BCUT2D eigenvalue weighted by molar-refractivity contribution is 5.79. The van der Waals surface area contributed by atoms with Crippen LogP contribution in [0.1, 0.15) is 44.3 Å². The number of nitrogens with one attached hydrogen (secondary N) is 2. The third-order valence-electron chi connectivity index (χ3n) is 4.79. The van der Waals surface area contributed by atoms with E-state index in [4.69, 9.17) is 4.42 Å². The summed E-state index contributed by atoms with van der Waals surface area (Å²) in [5.74, 6) is 0.594. The first-order chi connectivity index (χ1) is 13.1. The Balaban J connectivity index is 1.37. The standard InChI is InChI=1S/C21H25FN2O3/c22-18-8-4-3-7-17(18)19-11-9-16(27-19)10-12-20(25)23-14-13-21(26)24-15-5-1-2-6-15/h3-4,7-9,11,15H,1-2,5-6,10,12-14H2,(H,23,25)(H,24,26). The molecule has 1 aromatic carbocycles. The van der Waals surface area contributed by atoms with E-state index < -0.39 is 0 Å². The smallest absolute Gasteiger partial charge is 0.221 e. The van der Waals surface area contributed by atoms with E-state index in [9.17, 15) is 14.0 Å². The van der Waals surface area contributed by atoms with Gasteiger partial charge in [-0.1, -0.05) is 25.0 Å². The van der Waals surface area contributed by atoms with Gasteiger partial charge in [-0.05, 0) is 37.1 Å². The second kappa shape index (κ2) is 9.35. The highest BCUT2D eigenvalue weighted by atomic mass is 19.1. The number of amides is 2. The molecule has 1 aliphatic carbocycles. The van der Waals surface area contributed by atoms with Gasteiger partial charge in [0, 0.05) is 31.8 Å². The molecule has 1 saturated carbocycles. The van der Waals surface area contributed by atoms with Crippen molar-refractivity contribution in [1.82, 2.24) is 10.6 Å². The van der Waals surface area contributed by atoms with E-state index >= 15 is 0 Å². The maximum absolute atomic E-state index is 13.8. The maximum atomic E-state index is 13.8. The molecule has 1 fully saturated rings. The molecule has 2 amide bonds. The Kier molecular flexibility index (Phi) is 6.63. The largest absolute Gasteiger partial charge is 0.461 e. The van der Waals surface area contributed by atoms with Crippen LogP contribution in [0.2, 0.25) is 0 Å². The molecule has 0 saturated heterocycles. The molecule has 1 aromatic heterocycles. The van der Waals surface area contributed by atoms with Crippen molar-refractivity contribution in [3.63, 3.8) is 0 Å². The van der Waals surface area contributed by atoms with E-state index in [-0.39, 0.29) is 24.1 Å². The predicted molar refractivity (Wildman–Crippen MR) is 100 cm³/mol. The van der Waals surface area contributed by atoms with Crippen LogP contribution in [-0.4, -0.2) is 24.4 Å². The van der Waals surface area contributed by atoms with Crippen LogP contribution in [-0.2, 0) is 16.0 Å². The third kappa shape index (κ3) is 5.67. The van der Waals surface area contributed by atoms with Crippen LogP contribution in [0.15, 0.2) is 40.8 Å². The van der Waals surface area contributed by atoms with Crippen molar-refractivity contribution < 1.29 is 18.4 Å². The summed E-state index contributed by atoms with van der Waals surface area (Å²) in [6, 6.07) is 10.2. The van der Waals surface area contributed by atoms with Gasteiger partial charge in [-0.2, -0.15) is 0 Å². The Hall–Kier alpha value is -2.63. The summed E-state index contributed by atoms with van der Waals surface area (Å²) >= 11 is 0. The zero-order chi connectivity index (χ0) is 19.1. The number of benzene rings is 1. The number of aryl methyl sites for hydroxylation is 1. The van der Waals surface area contributed by atoms with Gasteiger partial charge >= 0.3 is 0 Å². The van der Waals surface area contributed by atoms with Crippen LogP contribution in [0.25, 0.3) is 11.3 Å². The average molecular weight is 372 g/mol. The molecule has 0 atom stereocenters. The molecule has 0 unspecified atom stereocenters. The predicted octanol–water partition coefficient (Wildman–Crippen LogP) is 3.58. The fourth-order valence-corrected chi connectivity index (χ4v) is 3.33.